The molecule has 1 aromatic carbocycles. The molecule has 1 N–H and O–H groups in total. The van der Waals surface area contributed by atoms with Crippen LogP contribution < -0.4 is 14.8 Å². The summed E-state index contributed by atoms with van der Waals surface area (Å²) in [6.07, 6.45) is 9.67. The molecule has 5 rings (SSSR count). The normalized spacial score (nSPS) is 16.2. The number of nitrogens with one attached hydrogen (secondary N) is 1. The molecule has 8 nitrogen and oxygen atoms in total. The fourth-order valence-corrected chi connectivity index (χ4v) is 5.09. The molecule has 172 valence electrons. The van der Waals surface area contributed by atoms with Crippen LogP contribution in [0.5, 0.6) is 11.5 Å². The molecule has 1 amide bonds. The molecule has 3 heterocycles. The van der Waals surface area contributed by atoms with Crippen LogP contribution in [0.25, 0.3) is 11.4 Å². The molecule has 9 heteroatoms. The van der Waals surface area contributed by atoms with E-state index in [9.17, 15) is 4.79 Å². The van der Waals surface area contributed by atoms with E-state index in [-0.39, 0.29) is 11.7 Å². The number of fused-ring (bicyclic) bond motifs is 1. The molecule has 1 fully saturated rings. The molecule has 1 spiro atoms. The van der Waals surface area contributed by atoms with Crippen molar-refractivity contribution in [2.24, 2.45) is 0 Å². The third-order valence-corrected chi connectivity index (χ3v) is 6.84. The Hall–Kier alpha value is -3.07. The third-order valence-electron chi connectivity index (χ3n) is 5.87. The number of aromatic nitrogens is 4. The predicted molar refractivity (Wildman–Crippen MR) is 126 cm³/mol. The Morgan fingerprint density at radius 1 is 1.09 bits per heavy atom. The second-order valence-corrected chi connectivity index (χ2v) is 9.31. The largest absolute Gasteiger partial charge is 0.448 e. The summed E-state index contributed by atoms with van der Waals surface area (Å²) >= 11 is 1.38. The van der Waals surface area contributed by atoms with Crippen LogP contribution in [0, 0.1) is 0 Å². The first kappa shape index (κ1) is 21.8. The summed E-state index contributed by atoms with van der Waals surface area (Å²) in [5.74, 6) is 1.84. The summed E-state index contributed by atoms with van der Waals surface area (Å²) in [7, 11) is 0. The molecule has 0 unspecified atom stereocenters. The third kappa shape index (κ3) is 4.68. The molecule has 0 radical (unpaired) electrons. The quantitative estimate of drug-likeness (QED) is 0.496. The van der Waals surface area contributed by atoms with E-state index in [0.29, 0.717) is 11.4 Å². The molecule has 2 aliphatic rings. The lowest BCUT2D eigenvalue weighted by Crippen LogP contribution is -2.40. The van der Waals surface area contributed by atoms with Crippen molar-refractivity contribution in [1.82, 2.24) is 19.7 Å². The van der Waals surface area contributed by atoms with Crippen molar-refractivity contribution in [3.63, 3.8) is 0 Å². The highest BCUT2D eigenvalue weighted by Crippen LogP contribution is 2.46. The summed E-state index contributed by atoms with van der Waals surface area (Å²) in [6.45, 7) is 2.88. The first-order valence-electron chi connectivity index (χ1n) is 11.4. The lowest BCUT2D eigenvalue weighted by Gasteiger charge is -2.31. The van der Waals surface area contributed by atoms with Crippen molar-refractivity contribution < 1.29 is 14.3 Å². The lowest BCUT2D eigenvalue weighted by atomic mass is 9.94. The number of nitrogens with zero attached hydrogens (tertiary/aromatic N) is 4. The molecular weight excluding hydrogens is 438 g/mol. The van der Waals surface area contributed by atoms with E-state index in [1.165, 1.54) is 18.2 Å². The highest BCUT2D eigenvalue weighted by atomic mass is 32.2. The van der Waals surface area contributed by atoms with Gasteiger partial charge in [-0.1, -0.05) is 25.1 Å². The number of hydrogen-bond acceptors (Lipinski definition) is 7. The fraction of sp³-hybridized carbons (Fsp3) is 0.417. The van der Waals surface area contributed by atoms with Crippen LogP contribution in [0.1, 0.15) is 45.4 Å². The molecular formula is C24H27N5O3S. The minimum Gasteiger partial charge on any atom is -0.448 e. The average molecular weight is 466 g/mol. The Kier molecular flexibility index (Phi) is 6.22. The summed E-state index contributed by atoms with van der Waals surface area (Å²) in [5.41, 5.74) is 1.65. The van der Waals surface area contributed by atoms with Crippen molar-refractivity contribution in [2.45, 2.75) is 62.9 Å². The van der Waals surface area contributed by atoms with E-state index in [1.54, 1.807) is 12.4 Å². The number of amides is 1. The van der Waals surface area contributed by atoms with Crippen LogP contribution in [0.4, 0.5) is 5.69 Å². The van der Waals surface area contributed by atoms with Gasteiger partial charge in [0.1, 0.15) is 0 Å². The molecule has 0 saturated heterocycles. The van der Waals surface area contributed by atoms with Gasteiger partial charge in [0, 0.05) is 49.1 Å². The number of rotatable bonds is 7. The van der Waals surface area contributed by atoms with Gasteiger partial charge in [0.15, 0.2) is 22.5 Å². The highest BCUT2D eigenvalue weighted by molar-refractivity contribution is 7.99. The zero-order valence-corrected chi connectivity index (χ0v) is 19.4. The Morgan fingerprint density at radius 3 is 2.67 bits per heavy atom. The van der Waals surface area contributed by atoms with Crippen LogP contribution in [-0.2, 0) is 11.3 Å². The Labute approximate surface area is 197 Å². The molecule has 2 aromatic heterocycles. The molecule has 33 heavy (non-hydrogen) atoms. The zero-order valence-electron chi connectivity index (χ0n) is 18.6. The number of carbonyl (C=O) groups is 1. The van der Waals surface area contributed by atoms with Gasteiger partial charge >= 0.3 is 0 Å². The number of anilines is 1. The smallest absolute Gasteiger partial charge is 0.251 e. The number of thioether (sulfide) groups is 1. The maximum Gasteiger partial charge on any atom is 0.251 e. The van der Waals surface area contributed by atoms with Crippen LogP contribution in [0.3, 0.4) is 0 Å². The molecule has 3 aromatic rings. The monoisotopic (exact) mass is 465 g/mol. The Bertz CT molecular complexity index is 1130. The van der Waals surface area contributed by atoms with E-state index in [1.807, 2.05) is 30.3 Å². The van der Waals surface area contributed by atoms with Crippen LogP contribution in [0.15, 0.2) is 47.9 Å². The van der Waals surface area contributed by atoms with Crippen LogP contribution >= 0.6 is 11.8 Å². The van der Waals surface area contributed by atoms with E-state index >= 15 is 0 Å². The van der Waals surface area contributed by atoms with E-state index < -0.39 is 5.79 Å². The van der Waals surface area contributed by atoms with E-state index in [2.05, 4.69) is 32.0 Å². The summed E-state index contributed by atoms with van der Waals surface area (Å²) in [4.78, 5) is 16.7. The summed E-state index contributed by atoms with van der Waals surface area (Å²) in [6, 6.07) is 9.40. The van der Waals surface area contributed by atoms with Gasteiger partial charge in [0.25, 0.3) is 5.79 Å². The van der Waals surface area contributed by atoms with Gasteiger partial charge in [-0.15, -0.1) is 10.2 Å². The number of hydrogen-bond donors (Lipinski definition) is 1. The Balaban J connectivity index is 1.22. The molecule has 1 aliphatic heterocycles. The number of benzene rings is 1. The van der Waals surface area contributed by atoms with Crippen molar-refractivity contribution in [3.8, 4) is 22.9 Å². The predicted octanol–water partition coefficient (Wildman–Crippen LogP) is 4.91. The van der Waals surface area contributed by atoms with Crippen molar-refractivity contribution in [2.75, 3.05) is 11.1 Å². The number of pyridine rings is 1. The van der Waals surface area contributed by atoms with Gasteiger partial charge in [-0.3, -0.25) is 9.78 Å². The van der Waals surface area contributed by atoms with Crippen LogP contribution in [0.2, 0.25) is 0 Å². The molecule has 0 bridgehead atoms. The molecule has 1 aliphatic carbocycles. The molecule has 0 atom stereocenters. The van der Waals surface area contributed by atoms with Gasteiger partial charge in [-0.05, 0) is 43.5 Å². The van der Waals surface area contributed by atoms with Crippen molar-refractivity contribution in [3.05, 3.63) is 42.7 Å². The summed E-state index contributed by atoms with van der Waals surface area (Å²) in [5, 5.41) is 12.4. The number of carbonyl (C=O) groups excluding carboxylic acids is 1. The van der Waals surface area contributed by atoms with Crippen molar-refractivity contribution in [1.29, 1.82) is 0 Å². The average Bonchev–Trinajstić information content (AvgIpc) is 3.39. The van der Waals surface area contributed by atoms with Gasteiger partial charge < -0.3 is 19.4 Å². The van der Waals surface area contributed by atoms with Gasteiger partial charge in [-0.25, -0.2) is 0 Å². The fourth-order valence-electron chi connectivity index (χ4n) is 4.33. The minimum atomic E-state index is -0.519. The standard InChI is InChI=1S/C24H27N5O3S/c1-2-14-29-22(17-8-12-25-13-9-17)27-28-23(29)33-16-21(30)26-18-6-7-19-20(15-18)32-24(31-19)10-4-3-5-11-24/h6-9,12-13,15H,2-5,10-11,14,16H2,1H3,(H,26,30). The molecule has 1 saturated carbocycles. The first-order valence-corrected chi connectivity index (χ1v) is 12.4. The SMILES string of the molecule is CCCn1c(SCC(=O)Nc2ccc3c(c2)OC2(CCCCC2)O3)nnc1-c1ccncc1. The minimum absolute atomic E-state index is 0.109. The summed E-state index contributed by atoms with van der Waals surface area (Å²) < 4.78 is 14.3. The van der Waals surface area contributed by atoms with Gasteiger partial charge in [-0.2, -0.15) is 0 Å². The van der Waals surface area contributed by atoms with E-state index in [4.69, 9.17) is 9.47 Å². The first-order chi connectivity index (χ1) is 16.2. The van der Waals surface area contributed by atoms with E-state index in [0.717, 1.165) is 60.9 Å². The highest BCUT2D eigenvalue weighted by Gasteiger charge is 2.42. The van der Waals surface area contributed by atoms with Gasteiger partial charge in [0.2, 0.25) is 5.91 Å². The second-order valence-electron chi connectivity index (χ2n) is 8.37. The lowest BCUT2D eigenvalue weighted by molar-refractivity contribution is -0.113. The number of ether oxygens (including phenoxy) is 2. The van der Waals surface area contributed by atoms with Gasteiger partial charge in [0.05, 0.1) is 5.75 Å². The van der Waals surface area contributed by atoms with Crippen LogP contribution in [-0.4, -0.2) is 37.2 Å². The topological polar surface area (TPSA) is 91.2 Å². The zero-order chi connectivity index (χ0) is 22.7. The maximum atomic E-state index is 12.7. The maximum absolute atomic E-state index is 12.7. The Morgan fingerprint density at radius 2 is 1.88 bits per heavy atom. The second kappa shape index (κ2) is 9.43. The van der Waals surface area contributed by atoms with Crippen molar-refractivity contribution >= 4 is 23.4 Å².